The van der Waals surface area contributed by atoms with Gasteiger partial charge in [-0.25, -0.2) is 0 Å². The Labute approximate surface area is 136 Å². The summed E-state index contributed by atoms with van der Waals surface area (Å²) in [6.07, 6.45) is 3.54. The molecule has 0 bridgehead atoms. The number of likely N-dealkylation sites (N-methyl/N-ethyl adjacent to an activating group) is 1. The Bertz CT molecular complexity index is 615. The maximum atomic E-state index is 12.3. The average Bonchev–Trinajstić information content (AvgIpc) is 3.04. The monoisotopic (exact) mass is 314 g/mol. The molecule has 0 unspecified atom stereocenters. The summed E-state index contributed by atoms with van der Waals surface area (Å²) in [4.78, 5) is 17.3. The quantitative estimate of drug-likeness (QED) is 0.756. The number of thiophene rings is 1. The Hall–Kier alpha value is -2.07. The molecule has 1 aromatic heterocycles. The molecule has 0 saturated carbocycles. The number of rotatable bonds is 6. The minimum absolute atomic E-state index is 0.0487. The molecule has 0 aliphatic rings. The van der Waals surface area contributed by atoms with Crippen LogP contribution in [0, 0.1) is 0 Å². The van der Waals surface area contributed by atoms with E-state index in [1.165, 1.54) is 0 Å². The molecule has 4 heteroatoms. The average molecular weight is 314 g/mol. The summed E-state index contributed by atoms with van der Waals surface area (Å²) in [6.45, 7) is 3.34. The summed E-state index contributed by atoms with van der Waals surface area (Å²) in [5, 5.41) is 2.01. The molecule has 1 amide bonds. The minimum atomic E-state index is 0.0487. The fourth-order valence-corrected chi connectivity index (χ4v) is 2.73. The largest absolute Gasteiger partial charge is 0.378 e. The van der Waals surface area contributed by atoms with Gasteiger partial charge in [0.2, 0.25) is 5.91 Å². The molecule has 116 valence electrons. The predicted octanol–water partition coefficient (Wildman–Crippen LogP) is 3.88. The third kappa shape index (κ3) is 4.46. The zero-order chi connectivity index (χ0) is 15.9. The maximum Gasteiger partial charge on any atom is 0.246 e. The number of amides is 1. The molecule has 1 heterocycles. The second kappa shape index (κ2) is 7.80. The van der Waals surface area contributed by atoms with Gasteiger partial charge in [0.15, 0.2) is 0 Å². The van der Waals surface area contributed by atoms with Crippen LogP contribution in [0.15, 0.2) is 47.9 Å². The fraction of sp³-hybridized carbons (Fsp3) is 0.278. The lowest BCUT2D eigenvalue weighted by molar-refractivity contribution is -0.126. The molecule has 0 radical (unpaired) electrons. The Balaban J connectivity index is 2.00. The third-order valence-electron chi connectivity index (χ3n) is 3.45. The summed E-state index contributed by atoms with van der Waals surface area (Å²) in [7, 11) is 4.04. The van der Waals surface area contributed by atoms with Gasteiger partial charge >= 0.3 is 0 Å². The maximum absolute atomic E-state index is 12.3. The van der Waals surface area contributed by atoms with Gasteiger partial charge in [-0.3, -0.25) is 4.79 Å². The summed E-state index contributed by atoms with van der Waals surface area (Å²) >= 11 is 1.63. The highest BCUT2D eigenvalue weighted by Gasteiger charge is 2.09. The highest BCUT2D eigenvalue weighted by atomic mass is 32.1. The molecule has 1 aromatic carbocycles. The molecule has 0 aliphatic heterocycles. The number of anilines is 1. The van der Waals surface area contributed by atoms with Gasteiger partial charge in [-0.15, -0.1) is 11.3 Å². The Morgan fingerprint density at radius 2 is 1.91 bits per heavy atom. The van der Waals surface area contributed by atoms with Crippen LogP contribution in [-0.4, -0.2) is 31.4 Å². The first kappa shape index (κ1) is 16.3. The standard InChI is InChI=1S/C18H22N2OS/c1-4-20(18(21)12-11-17-6-5-13-22-17)14-15-7-9-16(10-8-15)19(2)3/h5-13H,4,14H2,1-3H3/b12-11+. The van der Waals surface area contributed by atoms with Crippen molar-refractivity contribution in [3.05, 3.63) is 58.3 Å². The SMILES string of the molecule is CCN(Cc1ccc(N(C)C)cc1)C(=O)/C=C/c1cccs1. The highest BCUT2D eigenvalue weighted by molar-refractivity contribution is 7.10. The number of nitrogens with zero attached hydrogens (tertiary/aromatic N) is 2. The molecule has 0 saturated heterocycles. The van der Waals surface area contributed by atoms with Crippen LogP contribution in [0.25, 0.3) is 6.08 Å². The molecule has 0 aliphatic carbocycles. The van der Waals surface area contributed by atoms with Gasteiger partial charge in [0.05, 0.1) is 0 Å². The number of hydrogen-bond donors (Lipinski definition) is 0. The van der Waals surface area contributed by atoms with Gasteiger partial charge in [0.25, 0.3) is 0 Å². The van der Waals surface area contributed by atoms with Crippen molar-refractivity contribution in [3.8, 4) is 0 Å². The number of carbonyl (C=O) groups excluding carboxylic acids is 1. The van der Waals surface area contributed by atoms with E-state index in [0.717, 1.165) is 16.1 Å². The summed E-state index contributed by atoms with van der Waals surface area (Å²) in [6, 6.07) is 12.3. The van der Waals surface area contributed by atoms with E-state index >= 15 is 0 Å². The van der Waals surface area contributed by atoms with Crippen LogP contribution in [0.3, 0.4) is 0 Å². The highest BCUT2D eigenvalue weighted by Crippen LogP contribution is 2.15. The van der Waals surface area contributed by atoms with Gasteiger partial charge in [0.1, 0.15) is 0 Å². The van der Waals surface area contributed by atoms with Crippen LogP contribution < -0.4 is 4.90 Å². The van der Waals surface area contributed by atoms with Crippen LogP contribution in [0.1, 0.15) is 17.4 Å². The summed E-state index contributed by atoms with van der Waals surface area (Å²) < 4.78 is 0. The molecule has 0 N–H and O–H groups in total. The molecule has 3 nitrogen and oxygen atoms in total. The second-order valence-electron chi connectivity index (χ2n) is 5.26. The van der Waals surface area contributed by atoms with E-state index in [2.05, 4.69) is 29.2 Å². The number of benzene rings is 1. The Morgan fingerprint density at radius 1 is 1.18 bits per heavy atom. The van der Waals surface area contributed by atoms with E-state index in [0.29, 0.717) is 13.1 Å². The van der Waals surface area contributed by atoms with Crippen LogP contribution in [0.2, 0.25) is 0 Å². The van der Waals surface area contributed by atoms with Crippen molar-refractivity contribution in [1.82, 2.24) is 4.90 Å². The van der Waals surface area contributed by atoms with Gasteiger partial charge < -0.3 is 9.80 Å². The molecular weight excluding hydrogens is 292 g/mol. The number of carbonyl (C=O) groups is 1. The molecule has 0 spiro atoms. The van der Waals surface area contributed by atoms with Crippen molar-refractivity contribution in [2.24, 2.45) is 0 Å². The topological polar surface area (TPSA) is 23.6 Å². The molecule has 0 fully saturated rings. The first-order valence-corrected chi connectivity index (χ1v) is 8.25. The fourth-order valence-electron chi connectivity index (χ4n) is 2.11. The molecule has 2 rings (SSSR count). The Morgan fingerprint density at radius 3 is 2.45 bits per heavy atom. The number of hydrogen-bond acceptors (Lipinski definition) is 3. The van der Waals surface area contributed by atoms with Crippen molar-refractivity contribution < 1.29 is 4.79 Å². The van der Waals surface area contributed by atoms with Crippen LogP contribution in [0.4, 0.5) is 5.69 Å². The van der Waals surface area contributed by atoms with Gasteiger partial charge in [-0.2, -0.15) is 0 Å². The van der Waals surface area contributed by atoms with Crippen molar-refractivity contribution in [3.63, 3.8) is 0 Å². The molecule has 0 atom stereocenters. The van der Waals surface area contributed by atoms with Gasteiger partial charge in [-0.1, -0.05) is 18.2 Å². The smallest absolute Gasteiger partial charge is 0.246 e. The van der Waals surface area contributed by atoms with Crippen LogP contribution in [-0.2, 0) is 11.3 Å². The lowest BCUT2D eigenvalue weighted by Gasteiger charge is -2.20. The van der Waals surface area contributed by atoms with Crippen molar-refractivity contribution >= 4 is 29.0 Å². The van der Waals surface area contributed by atoms with E-state index < -0.39 is 0 Å². The molecule has 22 heavy (non-hydrogen) atoms. The lowest BCUT2D eigenvalue weighted by Crippen LogP contribution is -2.28. The second-order valence-corrected chi connectivity index (χ2v) is 6.24. The molecular formula is C18H22N2OS. The third-order valence-corrected chi connectivity index (χ3v) is 4.29. The summed E-state index contributed by atoms with van der Waals surface area (Å²) in [5.74, 6) is 0.0487. The summed E-state index contributed by atoms with van der Waals surface area (Å²) in [5.41, 5.74) is 2.31. The van der Waals surface area contributed by atoms with Gasteiger partial charge in [-0.05, 0) is 42.1 Å². The van der Waals surface area contributed by atoms with E-state index in [-0.39, 0.29) is 5.91 Å². The minimum Gasteiger partial charge on any atom is -0.378 e. The first-order chi connectivity index (χ1) is 10.6. The zero-order valence-corrected chi connectivity index (χ0v) is 14.1. The van der Waals surface area contributed by atoms with Crippen molar-refractivity contribution in [1.29, 1.82) is 0 Å². The zero-order valence-electron chi connectivity index (χ0n) is 13.3. The predicted molar refractivity (Wildman–Crippen MR) is 95.2 cm³/mol. The van der Waals surface area contributed by atoms with Crippen molar-refractivity contribution in [2.45, 2.75) is 13.5 Å². The normalized spacial score (nSPS) is 10.9. The Kier molecular flexibility index (Phi) is 5.78. The van der Waals surface area contributed by atoms with Gasteiger partial charge in [0, 0.05) is 43.8 Å². The van der Waals surface area contributed by atoms with E-state index in [9.17, 15) is 4.79 Å². The first-order valence-electron chi connectivity index (χ1n) is 7.37. The van der Waals surface area contributed by atoms with Crippen LogP contribution >= 0.6 is 11.3 Å². The van der Waals surface area contributed by atoms with Crippen LogP contribution in [0.5, 0.6) is 0 Å². The molecule has 2 aromatic rings. The van der Waals surface area contributed by atoms with E-state index in [1.54, 1.807) is 17.4 Å². The van der Waals surface area contributed by atoms with E-state index in [4.69, 9.17) is 0 Å². The van der Waals surface area contributed by atoms with Crippen molar-refractivity contribution in [2.75, 3.05) is 25.5 Å². The van der Waals surface area contributed by atoms with E-state index in [1.807, 2.05) is 49.5 Å². The lowest BCUT2D eigenvalue weighted by atomic mass is 10.2.